The number of hydrazine groups is 1. The second-order valence-electron chi connectivity index (χ2n) is 8.34. The van der Waals surface area contributed by atoms with Crippen molar-refractivity contribution in [3.05, 3.63) is 53.4 Å². The normalized spacial score (nSPS) is 21.9. The Hall–Kier alpha value is -3.07. The first kappa shape index (κ1) is 19.9. The Morgan fingerprint density at radius 2 is 2.19 bits per heavy atom. The molecule has 5 rings (SSSR count). The molecule has 3 aromatic rings. The van der Waals surface area contributed by atoms with Crippen molar-refractivity contribution in [2.24, 2.45) is 0 Å². The van der Waals surface area contributed by atoms with E-state index in [1.807, 2.05) is 17.3 Å². The summed E-state index contributed by atoms with van der Waals surface area (Å²) < 4.78 is 15.9. The molecule has 0 aromatic carbocycles. The molecule has 9 heteroatoms. The van der Waals surface area contributed by atoms with Crippen molar-refractivity contribution in [1.82, 2.24) is 30.0 Å². The third-order valence-corrected chi connectivity index (χ3v) is 6.21. The standard InChI is InChI=1S/C22H26FN7O/c1-3-7-29-14(2)10-18-16(11-15(23)12-24-18)19-5-4-8-28(19)20-6-9-30-21(26-20)17(13-25-30)22(31)27-29/h6,9,11-14,19H,3-5,7-8,10H2,1-2H3,(H,27,31). The van der Waals surface area contributed by atoms with E-state index in [1.165, 1.54) is 6.20 Å². The summed E-state index contributed by atoms with van der Waals surface area (Å²) in [6, 6.07) is 3.50. The largest absolute Gasteiger partial charge is 0.349 e. The summed E-state index contributed by atoms with van der Waals surface area (Å²) in [5.74, 6) is 0.199. The lowest BCUT2D eigenvalue weighted by atomic mass is 9.98. The maximum absolute atomic E-state index is 14.3. The van der Waals surface area contributed by atoms with Crippen LogP contribution in [-0.2, 0) is 6.42 Å². The molecule has 3 aromatic heterocycles. The van der Waals surface area contributed by atoms with E-state index in [0.717, 1.165) is 42.9 Å². The second-order valence-corrected chi connectivity index (χ2v) is 8.34. The van der Waals surface area contributed by atoms with Crippen LogP contribution >= 0.6 is 0 Å². The lowest BCUT2D eigenvalue weighted by Gasteiger charge is -2.30. The van der Waals surface area contributed by atoms with E-state index in [9.17, 15) is 9.18 Å². The number of aromatic nitrogens is 4. The first-order valence-corrected chi connectivity index (χ1v) is 10.9. The zero-order valence-electron chi connectivity index (χ0n) is 17.8. The van der Waals surface area contributed by atoms with E-state index in [2.05, 4.69) is 34.3 Å². The molecule has 2 unspecified atom stereocenters. The predicted molar refractivity (Wildman–Crippen MR) is 114 cm³/mol. The van der Waals surface area contributed by atoms with E-state index in [4.69, 9.17) is 4.98 Å². The van der Waals surface area contributed by atoms with E-state index in [1.54, 1.807) is 16.8 Å². The molecule has 2 aliphatic rings. The lowest BCUT2D eigenvalue weighted by molar-refractivity contribution is 0.0703. The Balaban J connectivity index is 1.69. The van der Waals surface area contributed by atoms with Crippen LogP contribution in [0.25, 0.3) is 5.65 Å². The van der Waals surface area contributed by atoms with Crippen molar-refractivity contribution >= 4 is 17.4 Å². The number of rotatable bonds is 2. The monoisotopic (exact) mass is 423 g/mol. The molecule has 8 nitrogen and oxygen atoms in total. The maximum Gasteiger partial charge on any atom is 0.271 e. The minimum atomic E-state index is -0.331. The quantitative estimate of drug-likeness (QED) is 0.683. The number of fused-ring (bicyclic) bond motifs is 5. The van der Waals surface area contributed by atoms with E-state index in [-0.39, 0.29) is 23.8 Å². The van der Waals surface area contributed by atoms with E-state index < -0.39 is 0 Å². The predicted octanol–water partition coefficient (Wildman–Crippen LogP) is 2.91. The number of nitrogens with one attached hydrogen (secondary N) is 1. The van der Waals surface area contributed by atoms with Gasteiger partial charge in [0.05, 0.1) is 18.4 Å². The van der Waals surface area contributed by atoms with Crippen LogP contribution in [0.1, 0.15) is 60.8 Å². The summed E-state index contributed by atoms with van der Waals surface area (Å²) in [5.41, 5.74) is 5.76. The van der Waals surface area contributed by atoms with Crippen molar-refractivity contribution in [3.63, 3.8) is 0 Å². The topological polar surface area (TPSA) is 78.7 Å². The first-order valence-electron chi connectivity index (χ1n) is 10.9. The molecule has 2 bridgehead atoms. The molecular formula is C22H26FN7O. The first-order chi connectivity index (χ1) is 15.0. The molecule has 2 atom stereocenters. The Morgan fingerprint density at radius 3 is 3.03 bits per heavy atom. The molecule has 31 heavy (non-hydrogen) atoms. The molecule has 1 fully saturated rings. The molecule has 0 spiro atoms. The Kier molecular flexibility index (Phi) is 5.05. The van der Waals surface area contributed by atoms with Gasteiger partial charge in [-0.3, -0.25) is 15.2 Å². The number of carbonyl (C=O) groups excluding carboxylic acids is 1. The molecule has 1 saturated heterocycles. The van der Waals surface area contributed by atoms with Gasteiger partial charge in [-0.1, -0.05) is 6.92 Å². The SMILES string of the molecule is CCCN1NC(=O)c2cnn3ccc(nc23)N2CCCC2c2cc(F)cnc2CC1C. The summed E-state index contributed by atoms with van der Waals surface area (Å²) in [5, 5.41) is 6.24. The van der Waals surface area contributed by atoms with Crippen LogP contribution in [0.3, 0.4) is 0 Å². The third-order valence-electron chi connectivity index (χ3n) is 6.21. The number of nitrogens with zero attached hydrogens (tertiary/aromatic N) is 6. The fraction of sp³-hybridized carbons (Fsp3) is 0.455. The highest BCUT2D eigenvalue weighted by molar-refractivity contribution is 5.99. The van der Waals surface area contributed by atoms with Gasteiger partial charge in [-0.25, -0.2) is 18.9 Å². The number of halogens is 1. The van der Waals surface area contributed by atoms with Gasteiger partial charge >= 0.3 is 0 Å². The molecule has 5 heterocycles. The Morgan fingerprint density at radius 1 is 1.32 bits per heavy atom. The third kappa shape index (κ3) is 3.52. The van der Waals surface area contributed by atoms with Gasteiger partial charge in [-0.2, -0.15) is 5.10 Å². The van der Waals surface area contributed by atoms with Crippen LogP contribution in [0.4, 0.5) is 10.2 Å². The summed E-state index contributed by atoms with van der Waals surface area (Å²) in [7, 11) is 0. The van der Waals surface area contributed by atoms with Gasteiger partial charge in [-0.05, 0) is 43.9 Å². The van der Waals surface area contributed by atoms with Gasteiger partial charge in [0.2, 0.25) is 0 Å². The highest BCUT2D eigenvalue weighted by Gasteiger charge is 2.32. The fourth-order valence-corrected chi connectivity index (χ4v) is 4.69. The molecule has 0 aliphatic carbocycles. The summed E-state index contributed by atoms with van der Waals surface area (Å²) >= 11 is 0. The summed E-state index contributed by atoms with van der Waals surface area (Å²) in [6.45, 7) is 5.64. The molecule has 0 radical (unpaired) electrons. The molecule has 1 amide bonds. The van der Waals surface area contributed by atoms with Crippen molar-refractivity contribution in [2.75, 3.05) is 18.0 Å². The highest BCUT2D eigenvalue weighted by Crippen LogP contribution is 2.37. The Bertz CT molecular complexity index is 1130. The lowest BCUT2D eigenvalue weighted by Crippen LogP contribution is -2.48. The smallest absolute Gasteiger partial charge is 0.271 e. The zero-order chi connectivity index (χ0) is 21.5. The number of carbonyl (C=O) groups is 1. The van der Waals surface area contributed by atoms with Gasteiger partial charge in [0, 0.05) is 37.4 Å². The number of amides is 1. The Labute approximate surface area is 180 Å². The van der Waals surface area contributed by atoms with E-state index >= 15 is 0 Å². The van der Waals surface area contributed by atoms with Gasteiger partial charge < -0.3 is 4.90 Å². The van der Waals surface area contributed by atoms with Crippen LogP contribution < -0.4 is 10.3 Å². The number of hydrogen-bond donors (Lipinski definition) is 1. The van der Waals surface area contributed by atoms with Crippen LogP contribution in [0.2, 0.25) is 0 Å². The zero-order valence-corrected chi connectivity index (χ0v) is 17.8. The number of hydrogen-bond acceptors (Lipinski definition) is 6. The van der Waals surface area contributed by atoms with Gasteiger partial charge in [0.25, 0.3) is 5.91 Å². The molecule has 162 valence electrons. The molecular weight excluding hydrogens is 397 g/mol. The van der Waals surface area contributed by atoms with Gasteiger partial charge in [0.1, 0.15) is 17.2 Å². The van der Waals surface area contributed by atoms with Gasteiger partial charge in [-0.15, -0.1) is 0 Å². The summed E-state index contributed by atoms with van der Waals surface area (Å²) in [4.78, 5) is 24.6. The minimum Gasteiger partial charge on any atom is -0.349 e. The van der Waals surface area contributed by atoms with Crippen molar-refractivity contribution in [3.8, 4) is 0 Å². The number of anilines is 1. The maximum atomic E-state index is 14.3. The minimum absolute atomic E-state index is 0.00393. The van der Waals surface area contributed by atoms with Crippen LogP contribution in [-0.4, -0.2) is 49.6 Å². The molecule has 0 saturated carbocycles. The fourth-order valence-electron chi connectivity index (χ4n) is 4.69. The van der Waals surface area contributed by atoms with Crippen molar-refractivity contribution in [2.45, 2.75) is 51.6 Å². The molecule has 2 aliphatic heterocycles. The second kappa shape index (κ2) is 7.88. The average molecular weight is 423 g/mol. The highest BCUT2D eigenvalue weighted by atomic mass is 19.1. The van der Waals surface area contributed by atoms with Crippen LogP contribution in [0.5, 0.6) is 0 Å². The van der Waals surface area contributed by atoms with Crippen molar-refractivity contribution < 1.29 is 9.18 Å². The van der Waals surface area contributed by atoms with Crippen LogP contribution in [0.15, 0.2) is 30.7 Å². The summed E-state index contributed by atoms with van der Waals surface area (Å²) in [6.07, 6.45) is 8.04. The van der Waals surface area contributed by atoms with Gasteiger partial charge in [0.15, 0.2) is 5.65 Å². The van der Waals surface area contributed by atoms with E-state index in [0.29, 0.717) is 24.2 Å². The number of pyridine rings is 1. The van der Waals surface area contributed by atoms with Crippen LogP contribution in [0, 0.1) is 5.82 Å². The van der Waals surface area contributed by atoms with Crippen molar-refractivity contribution in [1.29, 1.82) is 0 Å². The average Bonchev–Trinajstić information content (AvgIpc) is 3.40. The molecule has 1 N–H and O–H groups in total.